The summed E-state index contributed by atoms with van der Waals surface area (Å²) in [7, 11) is 0. The van der Waals surface area contributed by atoms with E-state index in [1.807, 2.05) is 0 Å². The van der Waals surface area contributed by atoms with Crippen molar-refractivity contribution in [3.63, 3.8) is 0 Å². The summed E-state index contributed by atoms with van der Waals surface area (Å²) in [5, 5.41) is 14.5. The molecular weight excluding hydrogens is 301 g/mol. The minimum Gasteiger partial charge on any atom is -0.550 e. The average molecular weight is 325 g/mol. The zero-order valence-electron chi connectivity index (χ0n) is 14.4. The SMILES string of the molecule is Cc1cccc(C)c1CNC1CCOC2(C1)CC(C(=O)[O-])C2.[Na+]. The largest absolute Gasteiger partial charge is 1.00 e. The smallest absolute Gasteiger partial charge is 0.550 e. The molecular formula is C18H24NNaO3. The first-order valence-corrected chi connectivity index (χ1v) is 8.12. The minimum absolute atomic E-state index is 0. The summed E-state index contributed by atoms with van der Waals surface area (Å²) in [5.74, 6) is -1.25. The molecule has 1 aromatic carbocycles. The Morgan fingerprint density at radius 2 is 1.96 bits per heavy atom. The fourth-order valence-corrected chi connectivity index (χ4v) is 3.87. The number of aliphatic carboxylic acids is 1. The van der Waals surface area contributed by atoms with Crippen LogP contribution in [-0.2, 0) is 16.1 Å². The number of carboxylic acids is 1. The Bertz CT molecular complexity index is 549. The van der Waals surface area contributed by atoms with Crippen LogP contribution in [0.2, 0.25) is 0 Å². The molecule has 0 amide bonds. The van der Waals surface area contributed by atoms with Gasteiger partial charge in [-0.2, -0.15) is 0 Å². The molecule has 120 valence electrons. The molecule has 1 atom stereocenters. The molecule has 3 rings (SSSR count). The topological polar surface area (TPSA) is 61.4 Å². The molecule has 1 heterocycles. The van der Waals surface area contributed by atoms with Gasteiger partial charge < -0.3 is 20.0 Å². The number of aryl methyl sites for hydroxylation is 2. The van der Waals surface area contributed by atoms with Gasteiger partial charge in [0.2, 0.25) is 0 Å². The van der Waals surface area contributed by atoms with E-state index in [1.165, 1.54) is 16.7 Å². The van der Waals surface area contributed by atoms with Crippen LogP contribution in [0, 0.1) is 19.8 Å². The second-order valence-corrected chi connectivity index (χ2v) is 6.90. The summed E-state index contributed by atoms with van der Waals surface area (Å²) in [4.78, 5) is 10.9. The molecule has 2 aliphatic rings. The van der Waals surface area contributed by atoms with Gasteiger partial charge in [-0.15, -0.1) is 0 Å². The first-order chi connectivity index (χ1) is 10.5. The normalized spacial score (nSPS) is 29.7. The standard InChI is InChI=1S/C18H25NO3.Na/c1-12-4-3-5-13(2)16(12)11-19-15-6-7-22-18(10-15)8-14(9-18)17(20)21;/h3-5,14-15,19H,6-11H2,1-2H3,(H,20,21);/q;+1/p-1. The van der Waals surface area contributed by atoms with Crippen molar-refractivity contribution >= 4 is 5.97 Å². The van der Waals surface area contributed by atoms with Crippen LogP contribution in [0.4, 0.5) is 0 Å². The second-order valence-electron chi connectivity index (χ2n) is 6.90. The van der Waals surface area contributed by atoms with Gasteiger partial charge in [0.15, 0.2) is 0 Å². The molecule has 23 heavy (non-hydrogen) atoms. The van der Waals surface area contributed by atoms with Gasteiger partial charge in [0.25, 0.3) is 0 Å². The van der Waals surface area contributed by atoms with Crippen LogP contribution in [0.5, 0.6) is 0 Å². The van der Waals surface area contributed by atoms with Gasteiger partial charge in [0, 0.05) is 31.1 Å². The van der Waals surface area contributed by atoms with Crippen molar-refractivity contribution in [2.75, 3.05) is 6.61 Å². The van der Waals surface area contributed by atoms with Crippen LogP contribution in [0.25, 0.3) is 0 Å². The number of carboxylic acid groups (broad SMARTS) is 1. The van der Waals surface area contributed by atoms with E-state index >= 15 is 0 Å². The van der Waals surface area contributed by atoms with Gasteiger partial charge in [0.05, 0.1) is 5.60 Å². The van der Waals surface area contributed by atoms with E-state index in [2.05, 4.69) is 37.4 Å². The summed E-state index contributed by atoms with van der Waals surface area (Å²) in [5.41, 5.74) is 3.77. The number of carbonyl (C=O) groups is 1. The first kappa shape index (κ1) is 18.9. The molecule has 1 aliphatic carbocycles. The van der Waals surface area contributed by atoms with Crippen molar-refractivity contribution in [2.24, 2.45) is 5.92 Å². The van der Waals surface area contributed by atoms with Crippen LogP contribution in [-0.4, -0.2) is 24.2 Å². The number of rotatable bonds is 4. The summed E-state index contributed by atoms with van der Waals surface area (Å²) < 4.78 is 5.88. The number of hydrogen-bond donors (Lipinski definition) is 1. The predicted molar refractivity (Wildman–Crippen MR) is 82.2 cm³/mol. The molecule has 1 aliphatic heterocycles. The Balaban J connectivity index is 0.00000192. The number of benzene rings is 1. The summed E-state index contributed by atoms with van der Waals surface area (Å²) in [6, 6.07) is 6.78. The van der Waals surface area contributed by atoms with E-state index < -0.39 is 5.97 Å². The van der Waals surface area contributed by atoms with Crippen LogP contribution >= 0.6 is 0 Å². The molecule has 5 heteroatoms. The van der Waals surface area contributed by atoms with E-state index in [4.69, 9.17) is 4.74 Å². The molecule has 1 saturated heterocycles. The molecule has 1 N–H and O–H groups in total. The van der Waals surface area contributed by atoms with Crippen molar-refractivity contribution in [1.82, 2.24) is 5.32 Å². The number of ether oxygens (including phenoxy) is 1. The number of hydrogen-bond acceptors (Lipinski definition) is 4. The molecule has 0 radical (unpaired) electrons. The van der Waals surface area contributed by atoms with Gasteiger partial charge in [-0.25, -0.2) is 0 Å². The van der Waals surface area contributed by atoms with Crippen molar-refractivity contribution in [3.8, 4) is 0 Å². The van der Waals surface area contributed by atoms with Crippen LogP contribution in [0.1, 0.15) is 42.4 Å². The van der Waals surface area contributed by atoms with Gasteiger partial charge in [-0.05, 0) is 56.2 Å². The molecule has 0 bridgehead atoms. The van der Waals surface area contributed by atoms with Crippen LogP contribution in [0.3, 0.4) is 0 Å². The Morgan fingerprint density at radius 3 is 2.57 bits per heavy atom. The number of carbonyl (C=O) groups excluding carboxylic acids is 1. The maximum atomic E-state index is 10.9. The first-order valence-electron chi connectivity index (χ1n) is 8.12. The molecule has 4 nitrogen and oxygen atoms in total. The summed E-state index contributed by atoms with van der Waals surface area (Å²) in [6.07, 6.45) is 3.11. The second kappa shape index (κ2) is 7.66. The van der Waals surface area contributed by atoms with Crippen LogP contribution in [0.15, 0.2) is 18.2 Å². The summed E-state index contributed by atoms with van der Waals surface area (Å²) >= 11 is 0. The molecule has 1 unspecified atom stereocenters. The zero-order chi connectivity index (χ0) is 15.7. The Morgan fingerprint density at radius 1 is 1.30 bits per heavy atom. The maximum Gasteiger partial charge on any atom is 1.00 e. The van der Waals surface area contributed by atoms with Crippen LogP contribution < -0.4 is 40.0 Å². The van der Waals surface area contributed by atoms with Crippen molar-refractivity contribution in [2.45, 2.75) is 57.7 Å². The molecule has 0 aromatic heterocycles. The van der Waals surface area contributed by atoms with E-state index in [0.29, 0.717) is 25.5 Å². The monoisotopic (exact) mass is 325 g/mol. The third-order valence-corrected chi connectivity index (χ3v) is 5.28. The van der Waals surface area contributed by atoms with Gasteiger partial charge in [-0.3, -0.25) is 0 Å². The van der Waals surface area contributed by atoms with E-state index in [1.54, 1.807) is 0 Å². The summed E-state index contributed by atoms with van der Waals surface area (Å²) in [6.45, 7) is 5.87. The van der Waals surface area contributed by atoms with Crippen molar-refractivity contribution in [3.05, 3.63) is 34.9 Å². The minimum atomic E-state index is -0.931. The molecule has 1 saturated carbocycles. The molecule has 1 spiro atoms. The number of nitrogens with one attached hydrogen (secondary N) is 1. The fraction of sp³-hybridized carbons (Fsp3) is 0.611. The van der Waals surface area contributed by atoms with Crippen molar-refractivity contribution < 1.29 is 44.2 Å². The zero-order valence-corrected chi connectivity index (χ0v) is 16.4. The van der Waals surface area contributed by atoms with E-state index in [9.17, 15) is 9.90 Å². The predicted octanol–water partition coefficient (Wildman–Crippen LogP) is -1.53. The van der Waals surface area contributed by atoms with E-state index in [0.717, 1.165) is 19.4 Å². The van der Waals surface area contributed by atoms with Crippen molar-refractivity contribution in [1.29, 1.82) is 0 Å². The van der Waals surface area contributed by atoms with Gasteiger partial charge >= 0.3 is 29.6 Å². The maximum absolute atomic E-state index is 10.9. The Kier molecular flexibility index (Phi) is 6.31. The average Bonchev–Trinajstić information content (AvgIpc) is 2.44. The third kappa shape index (κ3) is 4.18. The Hall–Kier alpha value is -0.390. The quantitative estimate of drug-likeness (QED) is 0.683. The Labute approximate surface area is 160 Å². The fourth-order valence-electron chi connectivity index (χ4n) is 3.87. The van der Waals surface area contributed by atoms with Gasteiger partial charge in [0.1, 0.15) is 0 Å². The van der Waals surface area contributed by atoms with Gasteiger partial charge in [-0.1, -0.05) is 18.2 Å². The molecule has 2 fully saturated rings. The molecule has 1 aromatic rings. The third-order valence-electron chi connectivity index (χ3n) is 5.28. The van der Waals surface area contributed by atoms with E-state index in [-0.39, 0.29) is 41.1 Å².